The highest BCUT2D eigenvalue weighted by molar-refractivity contribution is 7.89. The van der Waals surface area contributed by atoms with Crippen LogP contribution >= 0.6 is 11.3 Å². The zero-order valence-corrected chi connectivity index (χ0v) is 20.7. The van der Waals surface area contributed by atoms with Crippen LogP contribution in [0, 0.1) is 5.92 Å². The van der Waals surface area contributed by atoms with Gasteiger partial charge in [-0.05, 0) is 37.0 Å². The fraction of sp³-hybridized carbons (Fsp3) is 0.348. The number of rotatable bonds is 7. The van der Waals surface area contributed by atoms with E-state index < -0.39 is 21.8 Å². The van der Waals surface area contributed by atoms with E-state index in [2.05, 4.69) is 39.6 Å². The van der Waals surface area contributed by atoms with Crippen LogP contribution in [0.4, 0.5) is 10.8 Å². The third-order valence-corrected chi connectivity index (χ3v) is 7.39. The van der Waals surface area contributed by atoms with Crippen LogP contribution in [0.25, 0.3) is 11.3 Å². The molecule has 0 spiro atoms. The standard InChI is InChI=1S/C23H27N5O4S2/c1-16-5-4-9-27(13-16)19-7-3-6-17(11-19)20-15-33-23(25-20)26-21(29)12-24-22(30)18-8-10-28(14-18)34(2,31)32/h3,6-8,10-11,14-16H,4-5,9,12-13H2,1-2H3,(H,24,30)(H,25,26,29)/t16-/m1/s1. The number of aromatic nitrogens is 2. The van der Waals surface area contributed by atoms with Gasteiger partial charge < -0.3 is 15.5 Å². The number of benzene rings is 1. The predicted molar refractivity (Wildman–Crippen MR) is 134 cm³/mol. The summed E-state index contributed by atoms with van der Waals surface area (Å²) in [5, 5.41) is 7.50. The minimum Gasteiger partial charge on any atom is -0.371 e. The molecule has 4 rings (SSSR count). The molecule has 1 aliphatic heterocycles. The summed E-state index contributed by atoms with van der Waals surface area (Å²) in [7, 11) is -3.47. The smallest absolute Gasteiger partial charge is 0.253 e. The third kappa shape index (κ3) is 5.84. The zero-order chi connectivity index (χ0) is 24.3. The van der Waals surface area contributed by atoms with Crippen LogP contribution in [0.15, 0.2) is 48.1 Å². The number of thiazole rings is 1. The minimum atomic E-state index is -3.47. The van der Waals surface area contributed by atoms with E-state index in [0.717, 1.165) is 34.6 Å². The molecule has 0 bridgehead atoms. The molecular formula is C23H27N5O4S2. The summed E-state index contributed by atoms with van der Waals surface area (Å²) in [5.74, 6) is -0.285. The first-order valence-electron chi connectivity index (χ1n) is 11.0. The molecule has 1 atom stereocenters. The Morgan fingerprint density at radius 2 is 2.09 bits per heavy atom. The normalized spacial score (nSPS) is 16.3. The van der Waals surface area contributed by atoms with Crippen LogP contribution < -0.4 is 15.5 Å². The molecule has 0 aliphatic carbocycles. The Morgan fingerprint density at radius 3 is 2.82 bits per heavy atom. The maximum atomic E-state index is 12.3. The summed E-state index contributed by atoms with van der Waals surface area (Å²) in [6.07, 6.45) is 5.98. The van der Waals surface area contributed by atoms with Gasteiger partial charge in [-0.1, -0.05) is 19.1 Å². The van der Waals surface area contributed by atoms with Gasteiger partial charge in [0.15, 0.2) is 5.13 Å². The maximum Gasteiger partial charge on any atom is 0.253 e. The number of carbonyl (C=O) groups is 2. The summed E-state index contributed by atoms with van der Waals surface area (Å²) >= 11 is 1.31. The van der Waals surface area contributed by atoms with Crippen LogP contribution in [-0.2, 0) is 14.8 Å². The van der Waals surface area contributed by atoms with Crippen LogP contribution in [0.1, 0.15) is 30.1 Å². The first-order valence-corrected chi connectivity index (χ1v) is 13.7. The lowest BCUT2D eigenvalue weighted by atomic mass is 9.99. The Bertz CT molecular complexity index is 1300. The Kier molecular flexibility index (Phi) is 7.03. The van der Waals surface area contributed by atoms with Gasteiger partial charge in [-0.25, -0.2) is 13.4 Å². The van der Waals surface area contributed by atoms with Gasteiger partial charge in [0.25, 0.3) is 5.91 Å². The van der Waals surface area contributed by atoms with E-state index in [-0.39, 0.29) is 12.1 Å². The van der Waals surface area contributed by atoms with Crippen LogP contribution in [0.2, 0.25) is 0 Å². The van der Waals surface area contributed by atoms with Crippen molar-refractivity contribution in [2.24, 2.45) is 5.92 Å². The predicted octanol–water partition coefficient (Wildman–Crippen LogP) is 3.02. The first kappa shape index (κ1) is 24.0. The monoisotopic (exact) mass is 501 g/mol. The van der Waals surface area contributed by atoms with E-state index >= 15 is 0 Å². The maximum absolute atomic E-state index is 12.3. The van der Waals surface area contributed by atoms with Crippen molar-refractivity contribution in [1.29, 1.82) is 0 Å². The van der Waals surface area contributed by atoms with E-state index in [1.54, 1.807) is 0 Å². The molecule has 2 aromatic heterocycles. The lowest BCUT2D eigenvalue weighted by Crippen LogP contribution is -2.34. The quantitative estimate of drug-likeness (QED) is 0.515. The Labute approximate surface area is 202 Å². The highest BCUT2D eigenvalue weighted by Crippen LogP contribution is 2.30. The van der Waals surface area contributed by atoms with Crippen molar-refractivity contribution in [3.8, 4) is 11.3 Å². The molecule has 1 fully saturated rings. The number of hydrogen-bond acceptors (Lipinski definition) is 7. The number of amides is 2. The number of nitrogens with one attached hydrogen (secondary N) is 2. The van der Waals surface area contributed by atoms with Crippen molar-refractivity contribution in [2.45, 2.75) is 19.8 Å². The molecule has 0 saturated carbocycles. The lowest BCUT2D eigenvalue weighted by molar-refractivity contribution is -0.115. The van der Waals surface area contributed by atoms with Gasteiger partial charge in [0, 0.05) is 42.1 Å². The average Bonchev–Trinajstić information content (AvgIpc) is 3.48. The largest absolute Gasteiger partial charge is 0.371 e. The van der Waals surface area contributed by atoms with Crippen molar-refractivity contribution >= 4 is 44.0 Å². The van der Waals surface area contributed by atoms with Gasteiger partial charge in [0.1, 0.15) is 0 Å². The van der Waals surface area contributed by atoms with E-state index in [9.17, 15) is 18.0 Å². The number of carbonyl (C=O) groups excluding carboxylic acids is 2. The average molecular weight is 502 g/mol. The highest BCUT2D eigenvalue weighted by atomic mass is 32.2. The van der Waals surface area contributed by atoms with Crippen molar-refractivity contribution in [3.05, 3.63) is 53.7 Å². The summed E-state index contributed by atoms with van der Waals surface area (Å²) in [6.45, 7) is 4.11. The molecule has 1 aliphatic rings. The number of nitrogens with zero attached hydrogens (tertiary/aromatic N) is 3. The molecule has 0 radical (unpaired) electrons. The molecule has 1 aromatic carbocycles. The highest BCUT2D eigenvalue weighted by Gasteiger charge is 2.18. The van der Waals surface area contributed by atoms with Crippen LogP contribution in [-0.4, -0.2) is 55.1 Å². The fourth-order valence-electron chi connectivity index (χ4n) is 3.89. The Balaban J connectivity index is 1.34. The van der Waals surface area contributed by atoms with E-state index in [1.807, 2.05) is 17.5 Å². The van der Waals surface area contributed by atoms with Crippen LogP contribution in [0.3, 0.4) is 0 Å². The molecule has 34 heavy (non-hydrogen) atoms. The van der Waals surface area contributed by atoms with Gasteiger partial charge in [-0.15, -0.1) is 11.3 Å². The zero-order valence-electron chi connectivity index (χ0n) is 19.0. The van der Waals surface area contributed by atoms with Crippen molar-refractivity contribution in [1.82, 2.24) is 14.3 Å². The van der Waals surface area contributed by atoms with Gasteiger partial charge in [0.2, 0.25) is 15.9 Å². The number of hydrogen-bond donors (Lipinski definition) is 2. The van der Waals surface area contributed by atoms with E-state index in [1.165, 1.54) is 48.3 Å². The second kappa shape index (κ2) is 9.98. The van der Waals surface area contributed by atoms with Gasteiger partial charge in [0.05, 0.1) is 24.1 Å². The second-order valence-electron chi connectivity index (χ2n) is 8.51. The Morgan fingerprint density at radius 1 is 1.26 bits per heavy atom. The van der Waals surface area contributed by atoms with E-state index in [0.29, 0.717) is 11.0 Å². The first-order chi connectivity index (χ1) is 16.2. The SMILES string of the molecule is C[C@@H]1CCCN(c2cccc(-c3csc(NC(=O)CNC(=O)c4ccn(S(C)(=O)=O)c4)n3)c2)C1. The topological polar surface area (TPSA) is 113 Å². The third-order valence-electron chi connectivity index (χ3n) is 5.64. The molecular weight excluding hydrogens is 474 g/mol. The minimum absolute atomic E-state index is 0.151. The fourth-order valence-corrected chi connectivity index (χ4v) is 5.22. The van der Waals surface area contributed by atoms with Gasteiger partial charge in [-0.3, -0.25) is 13.6 Å². The number of anilines is 2. The Hall–Kier alpha value is -3.18. The molecule has 3 aromatic rings. The molecule has 2 N–H and O–H groups in total. The molecule has 9 nitrogen and oxygen atoms in total. The summed E-state index contributed by atoms with van der Waals surface area (Å²) in [6, 6.07) is 9.64. The van der Waals surface area contributed by atoms with Crippen LogP contribution in [0.5, 0.6) is 0 Å². The van der Waals surface area contributed by atoms with Crippen molar-refractivity contribution in [3.63, 3.8) is 0 Å². The lowest BCUT2D eigenvalue weighted by Gasteiger charge is -2.33. The summed E-state index contributed by atoms with van der Waals surface area (Å²) in [5.41, 5.74) is 3.09. The molecule has 1 saturated heterocycles. The van der Waals surface area contributed by atoms with E-state index in [4.69, 9.17) is 0 Å². The number of piperidine rings is 1. The molecule has 2 amide bonds. The van der Waals surface area contributed by atoms with Gasteiger partial charge in [-0.2, -0.15) is 0 Å². The van der Waals surface area contributed by atoms with Crippen molar-refractivity contribution < 1.29 is 18.0 Å². The molecule has 3 heterocycles. The van der Waals surface area contributed by atoms with Crippen molar-refractivity contribution in [2.75, 3.05) is 36.1 Å². The molecule has 180 valence electrons. The van der Waals surface area contributed by atoms with Gasteiger partial charge >= 0.3 is 0 Å². The summed E-state index contributed by atoms with van der Waals surface area (Å²) < 4.78 is 24.0. The second-order valence-corrected chi connectivity index (χ2v) is 11.3. The summed E-state index contributed by atoms with van der Waals surface area (Å²) in [4.78, 5) is 31.4. The molecule has 11 heteroatoms. The molecule has 0 unspecified atom stereocenters.